The van der Waals surface area contributed by atoms with Gasteiger partial charge in [-0.2, -0.15) is 0 Å². The van der Waals surface area contributed by atoms with Crippen LogP contribution >= 0.6 is 7.60 Å². The van der Waals surface area contributed by atoms with Crippen molar-refractivity contribution in [2.24, 2.45) is 5.92 Å². The largest absolute Gasteiger partial charge is 0.480 e. The van der Waals surface area contributed by atoms with Gasteiger partial charge in [0.15, 0.2) is 6.04 Å². The van der Waals surface area contributed by atoms with Crippen molar-refractivity contribution in [2.45, 2.75) is 72.6 Å². The first-order chi connectivity index (χ1) is 14.2. The Kier molecular flexibility index (Phi) is 10.0. The van der Waals surface area contributed by atoms with E-state index in [2.05, 4.69) is 13.8 Å². The monoisotopic (exact) mass is 465 g/mol. The number of carboxylic acid groups (broad SMARTS) is 1. The molecule has 0 radical (unpaired) electrons. The van der Waals surface area contributed by atoms with Crippen LogP contribution in [0.1, 0.15) is 54.9 Å². The first-order valence-corrected chi connectivity index (χ1v) is 12.9. The van der Waals surface area contributed by atoms with E-state index >= 15 is 0 Å². The van der Waals surface area contributed by atoms with E-state index in [1.165, 1.54) is 4.90 Å². The zero-order valence-electron chi connectivity index (χ0n) is 20.4. The minimum absolute atomic E-state index is 0.0155. The summed E-state index contributed by atoms with van der Waals surface area (Å²) in [4.78, 5) is 26.2. The van der Waals surface area contributed by atoms with Gasteiger partial charge >= 0.3 is 19.7 Å². The summed E-state index contributed by atoms with van der Waals surface area (Å²) in [6.07, 6.45) is 0.241. The van der Waals surface area contributed by atoms with E-state index in [1.54, 1.807) is 34.6 Å². The van der Waals surface area contributed by atoms with Crippen LogP contribution in [0.3, 0.4) is 0 Å². The van der Waals surface area contributed by atoms with Crippen molar-refractivity contribution >= 4 is 19.7 Å². The fourth-order valence-electron chi connectivity index (χ4n) is 4.26. The second-order valence-electron chi connectivity index (χ2n) is 9.71. The van der Waals surface area contributed by atoms with Crippen LogP contribution in [-0.2, 0) is 23.1 Å². The Hall–Kier alpha value is -1.15. The van der Waals surface area contributed by atoms with Gasteiger partial charge in [-0.1, -0.05) is 13.8 Å². The van der Waals surface area contributed by atoms with E-state index in [1.807, 2.05) is 7.05 Å². The van der Waals surface area contributed by atoms with Gasteiger partial charge in [-0.3, -0.25) is 9.46 Å². The van der Waals surface area contributed by atoms with Crippen molar-refractivity contribution in [3.05, 3.63) is 0 Å². The van der Waals surface area contributed by atoms with Gasteiger partial charge in [-0.15, -0.1) is 0 Å². The minimum atomic E-state index is -3.16. The number of aliphatic carboxylic acids is 1. The van der Waals surface area contributed by atoms with E-state index in [9.17, 15) is 19.3 Å². The van der Waals surface area contributed by atoms with E-state index in [-0.39, 0.29) is 31.2 Å². The molecule has 0 aliphatic carbocycles. The molecule has 10 heteroatoms. The van der Waals surface area contributed by atoms with Gasteiger partial charge in [0.2, 0.25) is 0 Å². The summed E-state index contributed by atoms with van der Waals surface area (Å²) in [5.41, 5.74) is -0.706. The van der Waals surface area contributed by atoms with Gasteiger partial charge in [-0.25, -0.2) is 9.59 Å². The third-order valence-corrected chi connectivity index (χ3v) is 7.75. The standard InChI is InChI=1S/C21H41N2O7P/c1-9-28-31(27,29-10-2)13-11-12-23(8)15-17(19(24)25)22(14-18(23)16(3)4)20(26)30-21(5,6)7/h16-18H,9-15H2,1-8H3/p+1/t17-,18+,23?/m0/s1. The van der Waals surface area contributed by atoms with Crippen LogP contribution in [0.15, 0.2) is 0 Å². The highest BCUT2D eigenvalue weighted by atomic mass is 31.2. The molecule has 3 atom stereocenters. The number of quaternary nitrogens is 1. The lowest BCUT2D eigenvalue weighted by atomic mass is 9.94. The summed E-state index contributed by atoms with van der Waals surface area (Å²) in [7, 11) is -1.14. The van der Waals surface area contributed by atoms with Crippen LogP contribution in [0.2, 0.25) is 0 Å². The number of piperazine rings is 1. The second kappa shape index (κ2) is 11.1. The Labute approximate surface area is 187 Å². The first-order valence-electron chi connectivity index (χ1n) is 11.1. The van der Waals surface area contributed by atoms with Crippen molar-refractivity contribution in [3.8, 4) is 0 Å². The van der Waals surface area contributed by atoms with Gasteiger partial charge in [0.25, 0.3) is 0 Å². The molecule has 182 valence electrons. The first kappa shape index (κ1) is 27.9. The molecule has 0 aromatic carbocycles. The van der Waals surface area contributed by atoms with Crippen LogP contribution in [0, 0.1) is 5.92 Å². The summed E-state index contributed by atoms with van der Waals surface area (Å²) in [6.45, 7) is 14.8. The molecule has 0 spiro atoms. The molecule has 0 aromatic rings. The minimum Gasteiger partial charge on any atom is -0.480 e. The molecule has 31 heavy (non-hydrogen) atoms. The highest BCUT2D eigenvalue weighted by molar-refractivity contribution is 7.53. The highest BCUT2D eigenvalue weighted by Crippen LogP contribution is 2.48. The smallest absolute Gasteiger partial charge is 0.411 e. The van der Waals surface area contributed by atoms with Gasteiger partial charge in [0.05, 0.1) is 39.5 Å². The van der Waals surface area contributed by atoms with Gasteiger partial charge in [0, 0.05) is 12.3 Å². The van der Waals surface area contributed by atoms with E-state index < -0.39 is 31.3 Å². The maximum Gasteiger partial charge on any atom is 0.411 e. The van der Waals surface area contributed by atoms with Crippen LogP contribution in [0.5, 0.6) is 0 Å². The number of rotatable bonds is 10. The molecule has 1 amide bonds. The number of carbonyl (C=O) groups excluding carboxylic acids is 1. The van der Waals surface area contributed by atoms with Crippen molar-refractivity contribution in [1.82, 2.24) is 4.90 Å². The summed E-state index contributed by atoms with van der Waals surface area (Å²) in [5, 5.41) is 9.86. The molecule has 0 bridgehead atoms. The zero-order valence-corrected chi connectivity index (χ0v) is 21.3. The van der Waals surface area contributed by atoms with E-state index in [0.29, 0.717) is 30.7 Å². The molecule has 1 aliphatic rings. The Morgan fingerprint density at radius 3 is 2.16 bits per heavy atom. The Bertz CT molecular complexity index is 655. The Morgan fingerprint density at radius 1 is 1.19 bits per heavy atom. The zero-order chi connectivity index (χ0) is 24.0. The molecule has 1 saturated heterocycles. The molecule has 1 rings (SSSR count). The van der Waals surface area contributed by atoms with Crippen molar-refractivity contribution in [3.63, 3.8) is 0 Å². The van der Waals surface area contributed by atoms with Crippen LogP contribution in [-0.4, -0.2) is 90.3 Å². The lowest BCUT2D eigenvalue weighted by Crippen LogP contribution is -2.71. The van der Waals surface area contributed by atoms with Crippen LogP contribution in [0.25, 0.3) is 0 Å². The number of hydrogen-bond donors (Lipinski definition) is 1. The third-order valence-electron chi connectivity index (χ3n) is 5.59. The molecule has 0 aromatic heterocycles. The van der Waals surface area contributed by atoms with Gasteiger partial charge in [0.1, 0.15) is 18.2 Å². The normalized spacial score (nSPS) is 25.0. The van der Waals surface area contributed by atoms with Crippen molar-refractivity contribution in [2.75, 3.05) is 46.1 Å². The fraction of sp³-hybridized carbons (Fsp3) is 0.905. The lowest BCUT2D eigenvalue weighted by Gasteiger charge is -2.52. The number of hydrogen-bond acceptors (Lipinski definition) is 6. The predicted molar refractivity (Wildman–Crippen MR) is 119 cm³/mol. The number of nitrogens with zero attached hydrogens (tertiary/aromatic N) is 2. The quantitative estimate of drug-likeness (QED) is 0.386. The molecule has 1 aliphatic heterocycles. The van der Waals surface area contributed by atoms with E-state index in [4.69, 9.17) is 13.8 Å². The number of carbonyl (C=O) groups is 2. The SMILES string of the molecule is CCOP(=O)(CCC[N+]1(C)C[C@@H](C(=O)O)N(C(=O)OC(C)(C)C)C[C@@H]1C(C)C)OCC. The van der Waals surface area contributed by atoms with Crippen LogP contribution < -0.4 is 0 Å². The predicted octanol–water partition coefficient (Wildman–Crippen LogP) is 3.82. The molecule has 1 fully saturated rings. The molecule has 0 saturated carbocycles. The highest BCUT2D eigenvalue weighted by Gasteiger charge is 2.50. The number of ether oxygens (including phenoxy) is 1. The maximum atomic E-state index is 12.8. The molecular weight excluding hydrogens is 423 g/mol. The summed E-state index contributed by atoms with van der Waals surface area (Å²) >= 11 is 0. The van der Waals surface area contributed by atoms with Gasteiger partial charge < -0.3 is 23.4 Å². The molecule has 1 heterocycles. The fourth-order valence-corrected chi connectivity index (χ4v) is 5.91. The van der Waals surface area contributed by atoms with E-state index in [0.717, 1.165) is 0 Å². The number of amides is 1. The average Bonchev–Trinajstić information content (AvgIpc) is 2.59. The van der Waals surface area contributed by atoms with Crippen molar-refractivity contribution in [1.29, 1.82) is 0 Å². The molecular formula is C21H42N2O7P+. The Morgan fingerprint density at radius 2 is 1.74 bits per heavy atom. The van der Waals surface area contributed by atoms with Crippen LogP contribution in [0.4, 0.5) is 4.79 Å². The number of carboxylic acids is 1. The average molecular weight is 466 g/mol. The second-order valence-corrected chi connectivity index (χ2v) is 11.9. The third kappa shape index (κ3) is 8.04. The summed E-state index contributed by atoms with van der Waals surface area (Å²) in [5.74, 6) is -0.845. The summed E-state index contributed by atoms with van der Waals surface area (Å²) in [6, 6.07) is -0.970. The van der Waals surface area contributed by atoms with Gasteiger partial charge in [-0.05, 0) is 34.6 Å². The lowest BCUT2D eigenvalue weighted by molar-refractivity contribution is -0.942. The number of likely N-dealkylation sites (N-methyl/N-ethyl adjacent to an activating group) is 1. The Balaban J connectivity index is 3.05. The maximum absolute atomic E-state index is 12.8. The topological polar surface area (TPSA) is 102 Å². The molecule has 1 unspecified atom stereocenters. The summed E-state index contributed by atoms with van der Waals surface area (Å²) < 4.78 is 29.5. The molecule has 9 nitrogen and oxygen atoms in total. The van der Waals surface area contributed by atoms with Crippen molar-refractivity contribution < 1.29 is 37.5 Å². The molecule has 1 N–H and O–H groups in total.